The van der Waals surface area contributed by atoms with Crippen LogP contribution < -0.4 is 0 Å². The number of hydrogen-bond donors (Lipinski definition) is 1. The molecule has 1 aromatic heterocycles. The molecule has 1 unspecified atom stereocenters. The van der Waals surface area contributed by atoms with E-state index in [0.29, 0.717) is 10.6 Å². The van der Waals surface area contributed by atoms with E-state index in [1.54, 1.807) is 31.2 Å². The van der Waals surface area contributed by atoms with Crippen LogP contribution in [0.5, 0.6) is 0 Å². The Hall–Kier alpha value is -2.13. The number of aliphatic carboxylic acids is 1. The molecular weight excluding hydrogens is 375 g/mol. The molecule has 2 heterocycles. The molecule has 3 atom stereocenters. The summed E-state index contributed by atoms with van der Waals surface area (Å²) in [6.45, 7) is 0.941. The summed E-state index contributed by atoms with van der Waals surface area (Å²) in [6.07, 6.45) is -4.58. The number of carboxylic acid groups (broad SMARTS) is 1. The number of hydrogen-bond acceptors (Lipinski definition) is 5. The Kier molecular flexibility index (Phi) is 4.94. The van der Waals surface area contributed by atoms with Gasteiger partial charge in [0.05, 0.1) is 17.9 Å². The van der Waals surface area contributed by atoms with Gasteiger partial charge < -0.3 is 9.63 Å². The summed E-state index contributed by atoms with van der Waals surface area (Å²) >= 11 is 5.82. The molecule has 0 bridgehead atoms. The molecule has 26 heavy (non-hydrogen) atoms. The fourth-order valence-corrected chi connectivity index (χ4v) is 3.14. The number of likely N-dealkylation sites (tertiary alicyclic amines) is 1. The average molecular weight is 390 g/mol. The van der Waals surface area contributed by atoms with Crippen LogP contribution in [0.1, 0.15) is 18.9 Å². The lowest BCUT2D eigenvalue weighted by molar-refractivity contribution is -0.188. The minimum Gasteiger partial charge on any atom is -0.481 e. The van der Waals surface area contributed by atoms with Crippen LogP contribution in [0.25, 0.3) is 11.4 Å². The fourth-order valence-electron chi connectivity index (χ4n) is 3.01. The van der Waals surface area contributed by atoms with E-state index in [4.69, 9.17) is 21.2 Å². The molecule has 3 rings (SSSR count). The Morgan fingerprint density at radius 3 is 2.54 bits per heavy atom. The summed E-state index contributed by atoms with van der Waals surface area (Å²) in [5.74, 6) is -4.50. The van der Waals surface area contributed by atoms with Crippen molar-refractivity contribution in [2.75, 3.05) is 13.1 Å². The van der Waals surface area contributed by atoms with Crippen molar-refractivity contribution in [1.82, 2.24) is 15.0 Å². The highest BCUT2D eigenvalue weighted by Crippen LogP contribution is 2.40. The molecule has 0 spiro atoms. The molecular formula is C16H15ClF3N3O3. The maximum atomic E-state index is 13.1. The summed E-state index contributed by atoms with van der Waals surface area (Å²) in [7, 11) is 0. The molecule has 10 heteroatoms. The summed E-state index contributed by atoms with van der Waals surface area (Å²) in [5, 5.41) is 13.5. The highest BCUT2D eigenvalue weighted by molar-refractivity contribution is 6.30. The molecule has 1 N–H and O–H groups in total. The SMILES string of the molecule is CC(c1nc(-c2ccc(Cl)cc2)no1)N1C[C@@H](C(F)(F)F)[C@H](C(=O)O)C1. The fraction of sp³-hybridized carbons (Fsp3) is 0.438. The van der Waals surface area contributed by atoms with Crippen molar-refractivity contribution in [1.29, 1.82) is 0 Å². The van der Waals surface area contributed by atoms with Crippen molar-refractivity contribution < 1.29 is 27.6 Å². The number of carboxylic acids is 1. The summed E-state index contributed by atoms with van der Waals surface area (Å²) in [5.41, 5.74) is 0.648. The molecule has 1 aliphatic heterocycles. The first-order valence-electron chi connectivity index (χ1n) is 7.80. The molecule has 0 radical (unpaired) electrons. The molecule has 0 saturated carbocycles. The van der Waals surface area contributed by atoms with Gasteiger partial charge >= 0.3 is 12.1 Å². The zero-order valence-corrected chi connectivity index (χ0v) is 14.3. The second kappa shape index (κ2) is 6.88. The predicted molar refractivity (Wildman–Crippen MR) is 85.4 cm³/mol. The van der Waals surface area contributed by atoms with Gasteiger partial charge in [0.15, 0.2) is 0 Å². The van der Waals surface area contributed by atoms with Crippen LogP contribution in [0.4, 0.5) is 13.2 Å². The first kappa shape index (κ1) is 18.7. The van der Waals surface area contributed by atoms with Gasteiger partial charge in [0.1, 0.15) is 0 Å². The summed E-state index contributed by atoms with van der Waals surface area (Å²) < 4.78 is 44.5. The minimum atomic E-state index is -4.58. The molecule has 2 aromatic rings. The molecule has 6 nitrogen and oxygen atoms in total. The van der Waals surface area contributed by atoms with E-state index in [0.717, 1.165) is 0 Å². The van der Waals surface area contributed by atoms with E-state index in [1.807, 2.05) is 0 Å². The first-order valence-corrected chi connectivity index (χ1v) is 8.17. The Balaban J connectivity index is 1.78. The molecule has 0 amide bonds. The van der Waals surface area contributed by atoms with Crippen molar-refractivity contribution in [2.24, 2.45) is 11.8 Å². The Bertz CT molecular complexity index is 794. The van der Waals surface area contributed by atoms with Gasteiger partial charge in [-0.25, -0.2) is 0 Å². The van der Waals surface area contributed by atoms with Gasteiger partial charge in [0.2, 0.25) is 11.7 Å². The van der Waals surface area contributed by atoms with Gasteiger partial charge in [-0.15, -0.1) is 0 Å². The van der Waals surface area contributed by atoms with Crippen LogP contribution in [0.3, 0.4) is 0 Å². The maximum Gasteiger partial charge on any atom is 0.393 e. The minimum absolute atomic E-state index is 0.127. The molecule has 140 valence electrons. The van der Waals surface area contributed by atoms with Crippen molar-refractivity contribution in [3.05, 3.63) is 35.2 Å². The highest BCUT2D eigenvalue weighted by Gasteiger charge is 2.53. The molecule has 1 aromatic carbocycles. The van der Waals surface area contributed by atoms with E-state index in [9.17, 15) is 18.0 Å². The average Bonchev–Trinajstić information content (AvgIpc) is 3.22. The van der Waals surface area contributed by atoms with E-state index < -0.39 is 36.6 Å². The lowest BCUT2D eigenvalue weighted by Crippen LogP contribution is -2.33. The Labute approximate surface area is 151 Å². The van der Waals surface area contributed by atoms with Crippen molar-refractivity contribution in [2.45, 2.75) is 19.1 Å². The third kappa shape index (κ3) is 3.68. The lowest BCUT2D eigenvalue weighted by Gasteiger charge is -2.21. The lowest BCUT2D eigenvalue weighted by atomic mass is 9.96. The monoisotopic (exact) mass is 389 g/mol. The van der Waals surface area contributed by atoms with Crippen LogP contribution in [0.15, 0.2) is 28.8 Å². The Morgan fingerprint density at radius 1 is 1.35 bits per heavy atom. The van der Waals surface area contributed by atoms with Crippen LogP contribution >= 0.6 is 11.6 Å². The number of nitrogens with zero attached hydrogens (tertiary/aromatic N) is 3. The van der Waals surface area contributed by atoms with Gasteiger partial charge in [0.25, 0.3) is 0 Å². The molecule has 0 aliphatic carbocycles. The maximum absolute atomic E-state index is 13.1. The van der Waals surface area contributed by atoms with E-state index in [-0.39, 0.29) is 18.3 Å². The quantitative estimate of drug-likeness (QED) is 0.860. The second-order valence-corrected chi connectivity index (χ2v) is 6.62. The van der Waals surface area contributed by atoms with Crippen LogP contribution in [0, 0.1) is 11.8 Å². The van der Waals surface area contributed by atoms with Gasteiger partial charge in [0, 0.05) is 23.7 Å². The third-order valence-corrected chi connectivity index (χ3v) is 4.79. The van der Waals surface area contributed by atoms with Gasteiger partial charge in [-0.3, -0.25) is 9.69 Å². The number of rotatable bonds is 4. The summed E-state index contributed by atoms with van der Waals surface area (Å²) in [6, 6.07) is 6.05. The van der Waals surface area contributed by atoms with Crippen molar-refractivity contribution >= 4 is 17.6 Å². The van der Waals surface area contributed by atoms with Crippen LogP contribution in [0.2, 0.25) is 5.02 Å². The number of benzene rings is 1. The Morgan fingerprint density at radius 2 is 2.00 bits per heavy atom. The normalized spacial score (nSPS) is 22.5. The van der Waals surface area contributed by atoms with Gasteiger partial charge in [-0.1, -0.05) is 16.8 Å². The largest absolute Gasteiger partial charge is 0.481 e. The summed E-state index contributed by atoms with van der Waals surface area (Å²) in [4.78, 5) is 16.8. The van der Waals surface area contributed by atoms with Crippen LogP contribution in [-0.2, 0) is 4.79 Å². The van der Waals surface area contributed by atoms with Crippen molar-refractivity contribution in [3.63, 3.8) is 0 Å². The standard InChI is InChI=1S/C16H15ClF3N3O3/c1-8(23-6-11(15(24)25)12(7-23)16(18,19)20)14-21-13(22-26-14)9-2-4-10(17)5-3-9/h2-5,8,11-12H,6-7H2,1H3,(H,24,25)/t8?,11-,12-/m1/s1. The smallest absolute Gasteiger partial charge is 0.393 e. The number of carbonyl (C=O) groups is 1. The van der Waals surface area contributed by atoms with Crippen molar-refractivity contribution in [3.8, 4) is 11.4 Å². The number of halogens is 4. The number of aromatic nitrogens is 2. The van der Waals surface area contributed by atoms with E-state index in [2.05, 4.69) is 10.1 Å². The van der Waals surface area contributed by atoms with E-state index >= 15 is 0 Å². The van der Waals surface area contributed by atoms with Gasteiger partial charge in [-0.05, 0) is 31.2 Å². The third-order valence-electron chi connectivity index (χ3n) is 4.54. The zero-order valence-electron chi connectivity index (χ0n) is 13.6. The number of alkyl halides is 3. The molecule has 1 fully saturated rings. The van der Waals surface area contributed by atoms with E-state index in [1.165, 1.54) is 4.90 Å². The molecule has 1 aliphatic rings. The van der Waals surface area contributed by atoms with Crippen LogP contribution in [-0.4, -0.2) is 45.4 Å². The van der Waals surface area contributed by atoms with Gasteiger partial charge in [-0.2, -0.15) is 18.2 Å². The topological polar surface area (TPSA) is 79.5 Å². The predicted octanol–water partition coefficient (Wildman–Crippen LogP) is 3.65. The second-order valence-electron chi connectivity index (χ2n) is 6.19. The highest BCUT2D eigenvalue weighted by atomic mass is 35.5. The first-order chi connectivity index (χ1) is 12.2. The molecule has 1 saturated heterocycles. The zero-order chi connectivity index (χ0) is 19.1.